The minimum atomic E-state index is -1.74. The Hall–Kier alpha value is -5.62. The summed E-state index contributed by atoms with van der Waals surface area (Å²) in [5.41, 5.74) is 21.8. The molecule has 0 aromatic carbocycles. The van der Waals surface area contributed by atoms with Crippen molar-refractivity contribution < 1.29 is 58.5 Å². The van der Waals surface area contributed by atoms with Gasteiger partial charge in [-0.05, 0) is 51.4 Å². The third-order valence-electron chi connectivity index (χ3n) is 8.32. The first-order chi connectivity index (χ1) is 26.9. The maximum Gasteiger partial charge on any atom is 0.328 e. The monoisotopic (exact) mass is 830 g/mol. The van der Waals surface area contributed by atoms with Crippen molar-refractivity contribution in [3.63, 3.8) is 0 Å². The van der Waals surface area contributed by atoms with E-state index in [4.69, 9.17) is 28.0 Å². The molecule has 0 fully saturated rings. The van der Waals surface area contributed by atoms with Crippen molar-refractivity contribution in [1.29, 1.82) is 0 Å². The van der Waals surface area contributed by atoms with Crippen LogP contribution in [0.2, 0.25) is 0 Å². The predicted octanol–water partition coefficient (Wildman–Crippen LogP) is -6.16. The van der Waals surface area contributed by atoms with E-state index in [0.29, 0.717) is 6.42 Å². The van der Waals surface area contributed by atoms with Crippen LogP contribution in [0.4, 0.5) is 0 Å². The molecule has 0 aromatic rings. The van der Waals surface area contributed by atoms with Crippen LogP contribution in [0.3, 0.4) is 0 Å². The summed E-state index contributed by atoms with van der Waals surface area (Å²) in [5.74, 6) is -9.28. The van der Waals surface area contributed by atoms with Crippen LogP contribution in [0.25, 0.3) is 0 Å². The van der Waals surface area contributed by atoms with E-state index in [-0.39, 0.29) is 44.1 Å². The maximum atomic E-state index is 13.6. The predicted molar refractivity (Wildman–Crippen MR) is 207 cm³/mol. The number of hydrogen-bond acceptors (Lipinski definition) is 13. The molecular formula is C34H62N12O12. The number of aliphatic hydroxyl groups is 2. The molecule has 58 heavy (non-hydrogen) atoms. The SMILES string of the molecule is CC(C)CC(N)C(=O)NC(C)C(=O)NC(CCC(N)=O)C(=O)NC(C)C(=O)NC(C(=O)NC(CCCN=C(N)N)C(=O)NC(CO)C(=O)NC(CO)C(=O)O)C(C)C. The lowest BCUT2D eigenvalue weighted by Gasteiger charge is -2.28. The van der Waals surface area contributed by atoms with E-state index >= 15 is 0 Å². The molecular weight excluding hydrogens is 768 g/mol. The Morgan fingerprint density at radius 2 is 1.02 bits per heavy atom. The van der Waals surface area contributed by atoms with E-state index in [1.165, 1.54) is 13.8 Å². The highest BCUT2D eigenvalue weighted by Crippen LogP contribution is 2.08. The summed E-state index contributed by atoms with van der Waals surface area (Å²) in [6.07, 6.45) is -0.248. The quantitative estimate of drug-likeness (QED) is 0.0208. The fourth-order valence-corrected chi connectivity index (χ4v) is 5.00. The number of nitrogens with one attached hydrogen (secondary N) is 7. The van der Waals surface area contributed by atoms with Gasteiger partial charge >= 0.3 is 5.97 Å². The first-order valence-electron chi connectivity index (χ1n) is 18.6. The highest BCUT2D eigenvalue weighted by molar-refractivity contribution is 5.97. The van der Waals surface area contributed by atoms with Gasteiger partial charge in [0.15, 0.2) is 5.96 Å². The van der Waals surface area contributed by atoms with Crippen LogP contribution < -0.4 is 60.2 Å². The number of nitrogens with zero attached hydrogens (tertiary/aromatic N) is 1. The molecule has 0 saturated carbocycles. The van der Waals surface area contributed by atoms with Crippen LogP contribution in [0.5, 0.6) is 0 Å². The van der Waals surface area contributed by atoms with Crippen LogP contribution in [0.1, 0.15) is 73.6 Å². The van der Waals surface area contributed by atoms with Gasteiger partial charge in [0.2, 0.25) is 47.3 Å². The van der Waals surface area contributed by atoms with E-state index in [2.05, 4.69) is 36.9 Å². The Bertz CT molecular complexity index is 1470. The fraction of sp³-hybridized carbons (Fsp3) is 0.706. The molecule has 0 aliphatic rings. The van der Waals surface area contributed by atoms with Crippen LogP contribution >= 0.6 is 0 Å². The number of guanidine groups is 1. The zero-order valence-electron chi connectivity index (χ0n) is 33.7. The number of carbonyl (C=O) groups excluding carboxylic acids is 8. The Balaban J connectivity index is 5.98. The topological polar surface area (TPSA) is 415 Å². The summed E-state index contributed by atoms with van der Waals surface area (Å²) in [7, 11) is 0. The van der Waals surface area contributed by atoms with Crippen molar-refractivity contribution in [2.45, 2.75) is 122 Å². The van der Waals surface area contributed by atoms with Gasteiger partial charge in [0.1, 0.15) is 42.3 Å². The summed E-state index contributed by atoms with van der Waals surface area (Å²) < 4.78 is 0. The van der Waals surface area contributed by atoms with Gasteiger partial charge in [-0.2, -0.15) is 0 Å². The molecule has 0 aliphatic carbocycles. The number of aliphatic hydroxyl groups excluding tert-OH is 2. The van der Waals surface area contributed by atoms with Crippen molar-refractivity contribution >= 4 is 59.2 Å². The summed E-state index contributed by atoms with van der Waals surface area (Å²) >= 11 is 0. The summed E-state index contributed by atoms with van der Waals surface area (Å²) in [4.78, 5) is 118. The molecule has 0 aliphatic heterocycles. The lowest BCUT2D eigenvalue weighted by molar-refractivity contribution is -0.143. The lowest BCUT2D eigenvalue weighted by Crippen LogP contribution is -2.61. The number of aliphatic carboxylic acids is 1. The van der Waals surface area contributed by atoms with Crippen LogP contribution in [-0.2, 0) is 43.2 Å². The van der Waals surface area contributed by atoms with Gasteiger partial charge in [0, 0.05) is 13.0 Å². The van der Waals surface area contributed by atoms with Crippen LogP contribution in [0, 0.1) is 11.8 Å². The van der Waals surface area contributed by atoms with E-state index in [1.807, 2.05) is 19.2 Å². The molecule has 0 spiro atoms. The third kappa shape index (κ3) is 20.0. The molecule has 330 valence electrons. The fourth-order valence-electron chi connectivity index (χ4n) is 5.00. The van der Waals surface area contributed by atoms with E-state index < -0.39 is 121 Å². The zero-order valence-corrected chi connectivity index (χ0v) is 33.7. The van der Waals surface area contributed by atoms with Gasteiger partial charge in [0.25, 0.3) is 0 Å². The highest BCUT2D eigenvalue weighted by atomic mass is 16.4. The zero-order chi connectivity index (χ0) is 44.9. The number of primary amides is 1. The molecule has 0 bridgehead atoms. The lowest BCUT2D eigenvalue weighted by atomic mass is 10.0. The molecule has 0 saturated heterocycles. The second kappa shape index (κ2) is 26.3. The molecule has 8 atom stereocenters. The Morgan fingerprint density at radius 3 is 1.50 bits per heavy atom. The number of amides is 8. The molecule has 0 rings (SSSR count). The molecule has 0 heterocycles. The van der Waals surface area contributed by atoms with Crippen molar-refractivity contribution in [3.8, 4) is 0 Å². The van der Waals surface area contributed by atoms with Crippen molar-refractivity contribution in [2.24, 2.45) is 39.8 Å². The van der Waals surface area contributed by atoms with Gasteiger partial charge < -0.3 is 75.5 Å². The van der Waals surface area contributed by atoms with E-state index in [1.54, 1.807) is 13.8 Å². The number of nitrogens with two attached hydrogens (primary N) is 4. The van der Waals surface area contributed by atoms with E-state index in [0.717, 1.165) is 0 Å². The minimum absolute atomic E-state index is 0.0190. The van der Waals surface area contributed by atoms with Gasteiger partial charge in [-0.15, -0.1) is 0 Å². The van der Waals surface area contributed by atoms with Gasteiger partial charge in [0.05, 0.1) is 19.3 Å². The largest absolute Gasteiger partial charge is 0.480 e. The second-order valence-electron chi connectivity index (χ2n) is 14.3. The third-order valence-corrected chi connectivity index (χ3v) is 8.32. The first-order valence-corrected chi connectivity index (χ1v) is 18.6. The van der Waals surface area contributed by atoms with Crippen LogP contribution in [0.15, 0.2) is 4.99 Å². The molecule has 0 aromatic heterocycles. The number of carboxylic acids is 1. The molecule has 24 heteroatoms. The Kier molecular flexibility index (Phi) is 23.8. The average Bonchev–Trinajstić information content (AvgIpc) is 3.12. The average molecular weight is 831 g/mol. The normalized spacial score (nSPS) is 15.2. The van der Waals surface area contributed by atoms with Crippen molar-refractivity contribution in [3.05, 3.63) is 0 Å². The minimum Gasteiger partial charge on any atom is -0.480 e. The summed E-state index contributed by atoms with van der Waals surface area (Å²) in [6.45, 7) is 7.56. The smallest absolute Gasteiger partial charge is 0.328 e. The van der Waals surface area contributed by atoms with Gasteiger partial charge in [-0.3, -0.25) is 43.3 Å². The Labute approximate surface area is 336 Å². The van der Waals surface area contributed by atoms with Gasteiger partial charge in [-0.1, -0.05) is 27.7 Å². The summed E-state index contributed by atoms with van der Waals surface area (Å²) in [6, 6.07) is -10.9. The molecule has 18 N–H and O–H groups in total. The number of aliphatic imine (C=N–C) groups is 1. The van der Waals surface area contributed by atoms with Crippen molar-refractivity contribution in [2.75, 3.05) is 19.8 Å². The molecule has 8 amide bonds. The standard InChI is InChI=1S/C34H62N12O12/c1-15(2)12-19(35)28(52)40-17(5)26(50)42-21(9-10-24(36)49)29(53)41-18(6)27(51)46-25(16(3)4)32(56)43-20(8-7-11-39-34(37)38)30(54)44-22(13-47)31(55)45-23(14-48)33(57)58/h15-23,25,47-48H,7-14,35H2,1-6H3,(H2,36,49)(H,40,52)(H,41,53)(H,42,50)(H,43,56)(H,44,54)(H,45,55)(H,46,51)(H,57,58)(H4,37,38,39). The Morgan fingerprint density at radius 1 is 0.569 bits per heavy atom. The molecule has 0 radical (unpaired) electrons. The summed E-state index contributed by atoms with van der Waals surface area (Å²) in [5, 5.41) is 44.5. The van der Waals surface area contributed by atoms with Crippen LogP contribution in [-0.4, -0.2) is 143 Å². The van der Waals surface area contributed by atoms with E-state index in [9.17, 15) is 53.4 Å². The molecule has 8 unspecified atom stereocenters. The maximum absolute atomic E-state index is 13.6. The second-order valence-corrected chi connectivity index (χ2v) is 14.3. The number of hydrogen-bond donors (Lipinski definition) is 14. The van der Waals surface area contributed by atoms with Crippen molar-refractivity contribution in [1.82, 2.24) is 37.2 Å². The highest BCUT2D eigenvalue weighted by Gasteiger charge is 2.34. The molecule has 24 nitrogen and oxygen atoms in total. The first kappa shape index (κ1) is 52.4. The number of carboxylic acid groups (broad SMARTS) is 1. The number of rotatable bonds is 27. The van der Waals surface area contributed by atoms with Gasteiger partial charge in [-0.25, -0.2) is 4.79 Å². The number of carbonyl (C=O) groups is 9.